The van der Waals surface area contributed by atoms with E-state index in [9.17, 15) is 4.79 Å². The highest BCUT2D eigenvalue weighted by Gasteiger charge is 2.12. The van der Waals surface area contributed by atoms with E-state index in [1.807, 2.05) is 6.08 Å². The molecule has 1 rings (SSSR count). The van der Waals surface area contributed by atoms with Crippen LogP contribution >= 0.6 is 12.2 Å². The van der Waals surface area contributed by atoms with Crippen LogP contribution in [0.15, 0.2) is 24.0 Å². The van der Waals surface area contributed by atoms with Crippen molar-refractivity contribution in [1.82, 2.24) is 0 Å². The van der Waals surface area contributed by atoms with Gasteiger partial charge in [-0.1, -0.05) is 24.4 Å². The lowest BCUT2D eigenvalue weighted by atomic mass is 10.2. The number of ether oxygens (including phenoxy) is 2. The predicted octanol–water partition coefficient (Wildman–Crippen LogP) is 2.37. The van der Waals surface area contributed by atoms with Crippen LogP contribution in [0.5, 0.6) is 0 Å². The first-order chi connectivity index (χ1) is 6.24. The van der Waals surface area contributed by atoms with Gasteiger partial charge in [0.2, 0.25) is 0 Å². The minimum Gasteiger partial charge on any atom is -0.434 e. The third kappa shape index (κ3) is 2.99. The number of rotatable bonds is 2. The normalized spacial score (nSPS) is 15.2. The fraction of sp³-hybridized carbons (Fsp3) is 0.333. The lowest BCUT2D eigenvalue weighted by molar-refractivity contribution is 0.0855. The van der Waals surface area contributed by atoms with Crippen LogP contribution in [0.1, 0.15) is 13.3 Å². The molecule has 0 spiro atoms. The van der Waals surface area contributed by atoms with Crippen molar-refractivity contribution < 1.29 is 14.3 Å². The molecule has 1 aliphatic rings. The first-order valence-electron chi connectivity index (χ1n) is 3.98. The molecular formula is C9H10O3S. The monoisotopic (exact) mass is 198 g/mol. The van der Waals surface area contributed by atoms with Crippen LogP contribution in [-0.4, -0.2) is 17.6 Å². The number of hydrogen-bond donors (Lipinski definition) is 0. The summed E-state index contributed by atoms with van der Waals surface area (Å²) >= 11 is 4.98. The van der Waals surface area contributed by atoms with Crippen LogP contribution < -0.4 is 0 Å². The molecule has 0 aromatic carbocycles. The standard InChI is InChI=1S/C9H10O3S/c1-2-11-9(10)12-7-5-3-4-6-8(7)13/h3-5H,2,6H2,1H3. The maximum absolute atomic E-state index is 10.9. The van der Waals surface area contributed by atoms with E-state index in [-0.39, 0.29) is 0 Å². The minimum atomic E-state index is -0.702. The minimum absolute atomic E-state index is 0.300. The topological polar surface area (TPSA) is 35.5 Å². The van der Waals surface area contributed by atoms with Gasteiger partial charge in [-0.2, -0.15) is 0 Å². The third-order valence-corrected chi connectivity index (χ3v) is 1.79. The fourth-order valence-electron chi connectivity index (χ4n) is 0.852. The zero-order chi connectivity index (χ0) is 9.68. The quantitative estimate of drug-likeness (QED) is 0.504. The highest BCUT2D eigenvalue weighted by molar-refractivity contribution is 7.80. The van der Waals surface area contributed by atoms with Gasteiger partial charge < -0.3 is 9.47 Å². The van der Waals surface area contributed by atoms with Gasteiger partial charge >= 0.3 is 6.16 Å². The number of hydrogen-bond acceptors (Lipinski definition) is 4. The Hall–Kier alpha value is -1.16. The lowest BCUT2D eigenvalue weighted by Crippen LogP contribution is -2.12. The Morgan fingerprint density at radius 3 is 3.08 bits per heavy atom. The largest absolute Gasteiger partial charge is 0.513 e. The third-order valence-electron chi connectivity index (χ3n) is 1.42. The lowest BCUT2D eigenvalue weighted by Gasteiger charge is -2.09. The van der Waals surface area contributed by atoms with E-state index in [4.69, 9.17) is 17.0 Å². The van der Waals surface area contributed by atoms with Gasteiger partial charge in [-0.05, 0) is 13.0 Å². The first-order valence-corrected chi connectivity index (χ1v) is 4.39. The highest BCUT2D eigenvalue weighted by atomic mass is 32.1. The highest BCUT2D eigenvalue weighted by Crippen LogP contribution is 2.11. The molecule has 70 valence electrons. The van der Waals surface area contributed by atoms with Gasteiger partial charge in [-0.3, -0.25) is 0 Å². The molecule has 1 aliphatic carbocycles. The Bertz CT molecular complexity index is 279. The van der Waals surface area contributed by atoms with Crippen LogP contribution in [0.4, 0.5) is 4.79 Å². The molecule has 0 aromatic heterocycles. The maximum atomic E-state index is 10.9. The molecule has 0 amide bonds. The van der Waals surface area contributed by atoms with Crippen LogP contribution in [0.2, 0.25) is 0 Å². The summed E-state index contributed by atoms with van der Waals surface area (Å²) in [4.78, 5) is 11.5. The molecule has 0 aromatic rings. The second kappa shape index (κ2) is 4.77. The first kappa shape index (κ1) is 9.92. The van der Waals surface area contributed by atoms with Crippen molar-refractivity contribution in [2.75, 3.05) is 6.61 Å². The smallest absolute Gasteiger partial charge is 0.434 e. The molecule has 13 heavy (non-hydrogen) atoms. The summed E-state index contributed by atoms with van der Waals surface area (Å²) in [6, 6.07) is 0. The van der Waals surface area contributed by atoms with Crippen molar-refractivity contribution in [3.63, 3.8) is 0 Å². The molecule has 0 N–H and O–H groups in total. The van der Waals surface area contributed by atoms with E-state index >= 15 is 0 Å². The number of thiocarbonyl (C=S) groups is 1. The van der Waals surface area contributed by atoms with Crippen LogP contribution in [0, 0.1) is 0 Å². The number of carbonyl (C=O) groups is 1. The van der Waals surface area contributed by atoms with Gasteiger partial charge in [-0.25, -0.2) is 4.79 Å². The van der Waals surface area contributed by atoms with Crippen LogP contribution in [0.3, 0.4) is 0 Å². The Kier molecular flexibility index (Phi) is 3.64. The Labute approximate surface area is 82.0 Å². The van der Waals surface area contributed by atoms with Crippen molar-refractivity contribution in [2.24, 2.45) is 0 Å². The zero-order valence-electron chi connectivity index (χ0n) is 7.28. The fourth-order valence-corrected chi connectivity index (χ4v) is 1.06. The van der Waals surface area contributed by atoms with Crippen molar-refractivity contribution in [3.8, 4) is 0 Å². The molecule has 4 heteroatoms. The van der Waals surface area contributed by atoms with E-state index < -0.39 is 6.16 Å². The van der Waals surface area contributed by atoms with Gasteiger partial charge in [0.15, 0.2) is 0 Å². The molecule has 0 heterocycles. The van der Waals surface area contributed by atoms with Crippen LogP contribution in [-0.2, 0) is 9.47 Å². The molecule has 0 radical (unpaired) electrons. The average Bonchev–Trinajstić information content (AvgIpc) is 2.09. The Morgan fingerprint density at radius 2 is 2.46 bits per heavy atom. The van der Waals surface area contributed by atoms with Crippen molar-refractivity contribution in [1.29, 1.82) is 0 Å². The molecule has 0 bridgehead atoms. The van der Waals surface area contributed by atoms with E-state index in [0.717, 1.165) is 0 Å². The molecule has 3 nitrogen and oxygen atoms in total. The average molecular weight is 198 g/mol. The summed E-state index contributed by atoms with van der Waals surface area (Å²) in [7, 11) is 0. The number of carbonyl (C=O) groups excluding carboxylic acids is 1. The molecule has 0 aliphatic heterocycles. The maximum Gasteiger partial charge on any atom is 0.513 e. The summed E-state index contributed by atoms with van der Waals surface area (Å²) in [5.74, 6) is 0.413. The van der Waals surface area contributed by atoms with Gasteiger partial charge in [0.25, 0.3) is 0 Å². The van der Waals surface area contributed by atoms with Gasteiger partial charge in [0.05, 0.1) is 11.5 Å². The predicted molar refractivity (Wildman–Crippen MR) is 52.5 cm³/mol. The second-order valence-electron chi connectivity index (χ2n) is 2.37. The van der Waals surface area contributed by atoms with Crippen LogP contribution in [0.25, 0.3) is 0 Å². The molecule has 0 atom stereocenters. The summed E-state index contributed by atoms with van der Waals surface area (Å²) in [6.45, 7) is 2.02. The van der Waals surface area contributed by atoms with E-state index in [2.05, 4.69) is 4.74 Å². The van der Waals surface area contributed by atoms with Gasteiger partial charge in [0, 0.05) is 6.42 Å². The van der Waals surface area contributed by atoms with Crippen molar-refractivity contribution >= 4 is 23.2 Å². The zero-order valence-corrected chi connectivity index (χ0v) is 8.10. The van der Waals surface area contributed by atoms with E-state index in [0.29, 0.717) is 23.7 Å². The molecule has 0 unspecified atom stereocenters. The van der Waals surface area contributed by atoms with Gasteiger partial charge in [-0.15, -0.1) is 0 Å². The van der Waals surface area contributed by atoms with Gasteiger partial charge in [0.1, 0.15) is 5.76 Å². The second-order valence-corrected chi connectivity index (χ2v) is 2.86. The Morgan fingerprint density at radius 1 is 1.69 bits per heavy atom. The van der Waals surface area contributed by atoms with E-state index in [1.165, 1.54) is 0 Å². The molecule has 0 fully saturated rings. The summed E-state index contributed by atoms with van der Waals surface area (Å²) in [5.41, 5.74) is 0. The Balaban J connectivity index is 2.52. The molecular weight excluding hydrogens is 188 g/mol. The summed E-state index contributed by atoms with van der Waals surface area (Å²) in [5, 5.41) is 0. The SMILES string of the molecule is CCOC(=O)OC1=CC=CCC1=S. The van der Waals surface area contributed by atoms with Crippen molar-refractivity contribution in [2.45, 2.75) is 13.3 Å². The molecule has 0 saturated heterocycles. The molecule has 0 saturated carbocycles. The van der Waals surface area contributed by atoms with Crippen molar-refractivity contribution in [3.05, 3.63) is 24.0 Å². The van der Waals surface area contributed by atoms with E-state index in [1.54, 1.807) is 19.1 Å². The summed E-state index contributed by atoms with van der Waals surface area (Å²) in [6.07, 6.45) is 5.29. The summed E-state index contributed by atoms with van der Waals surface area (Å²) < 4.78 is 9.46. The number of allylic oxidation sites excluding steroid dienone is 4.